The van der Waals surface area contributed by atoms with Crippen molar-refractivity contribution in [3.63, 3.8) is 0 Å². The minimum Gasteiger partial charge on any atom is -0.316 e. The fourth-order valence-electron chi connectivity index (χ4n) is 2.19. The monoisotopic (exact) mass is 237 g/mol. The molecule has 1 N–H and O–H groups in total. The number of nitrogens with one attached hydrogen (secondary N) is 1. The van der Waals surface area contributed by atoms with Gasteiger partial charge in [0.05, 0.1) is 11.0 Å². The fraction of sp³-hybridized carbons (Fsp3) is 0.133. The molecule has 0 aliphatic rings. The number of hydrogen-bond donors (Lipinski definition) is 1. The summed E-state index contributed by atoms with van der Waals surface area (Å²) in [7, 11) is 1.96. The van der Waals surface area contributed by atoms with E-state index >= 15 is 0 Å². The molecule has 0 aliphatic carbocycles. The molecule has 18 heavy (non-hydrogen) atoms. The molecule has 0 aliphatic heterocycles. The van der Waals surface area contributed by atoms with Gasteiger partial charge in [-0.15, -0.1) is 0 Å². The number of hydrogen-bond acceptors (Lipinski definition) is 2. The van der Waals surface area contributed by atoms with Crippen LogP contribution in [0.1, 0.15) is 5.56 Å². The lowest BCUT2D eigenvalue weighted by molar-refractivity contribution is 0.816. The smallest absolute Gasteiger partial charge is 0.100 e. The summed E-state index contributed by atoms with van der Waals surface area (Å²) in [4.78, 5) is 4.42. The number of para-hydroxylation sites is 2. The Morgan fingerprint density at radius 3 is 2.89 bits per heavy atom. The summed E-state index contributed by atoms with van der Waals surface area (Å²) in [5, 5.41) is 3.17. The van der Waals surface area contributed by atoms with E-state index in [2.05, 4.69) is 45.2 Å². The number of nitrogens with zero attached hydrogens (tertiary/aromatic N) is 2. The van der Waals surface area contributed by atoms with Crippen LogP contribution in [0, 0.1) is 0 Å². The van der Waals surface area contributed by atoms with Gasteiger partial charge in [0.2, 0.25) is 0 Å². The van der Waals surface area contributed by atoms with E-state index in [1.807, 2.05) is 31.6 Å². The highest BCUT2D eigenvalue weighted by molar-refractivity contribution is 5.77. The van der Waals surface area contributed by atoms with Crippen LogP contribution in [0.5, 0.6) is 0 Å². The number of fused-ring (bicyclic) bond motifs is 1. The van der Waals surface area contributed by atoms with Crippen molar-refractivity contribution in [3.8, 4) is 5.69 Å². The van der Waals surface area contributed by atoms with Crippen LogP contribution < -0.4 is 5.32 Å². The normalized spacial score (nSPS) is 10.9. The highest BCUT2D eigenvalue weighted by Gasteiger charge is 2.03. The van der Waals surface area contributed by atoms with Crippen LogP contribution in [0.3, 0.4) is 0 Å². The predicted molar refractivity (Wildman–Crippen MR) is 73.8 cm³/mol. The molecule has 1 aromatic heterocycles. The van der Waals surface area contributed by atoms with E-state index in [1.165, 1.54) is 5.56 Å². The van der Waals surface area contributed by atoms with E-state index in [4.69, 9.17) is 0 Å². The zero-order chi connectivity index (χ0) is 12.4. The second-order valence-electron chi connectivity index (χ2n) is 4.30. The van der Waals surface area contributed by atoms with Gasteiger partial charge in [-0.3, -0.25) is 4.57 Å². The van der Waals surface area contributed by atoms with Gasteiger partial charge >= 0.3 is 0 Å². The van der Waals surface area contributed by atoms with Gasteiger partial charge in [0.15, 0.2) is 0 Å². The largest absolute Gasteiger partial charge is 0.316 e. The molecule has 3 aromatic rings. The highest BCUT2D eigenvalue weighted by Crippen LogP contribution is 2.18. The molecule has 90 valence electrons. The topological polar surface area (TPSA) is 29.9 Å². The van der Waals surface area contributed by atoms with Crippen molar-refractivity contribution in [2.45, 2.75) is 6.54 Å². The zero-order valence-corrected chi connectivity index (χ0v) is 10.3. The maximum atomic E-state index is 4.42. The molecule has 3 rings (SSSR count). The molecule has 3 heteroatoms. The quantitative estimate of drug-likeness (QED) is 0.759. The average Bonchev–Trinajstić information content (AvgIpc) is 2.83. The van der Waals surface area contributed by atoms with Gasteiger partial charge in [-0.05, 0) is 36.9 Å². The standard InChI is InChI=1S/C15H15N3/c1-16-10-12-5-4-6-13(9-12)18-11-17-14-7-2-3-8-15(14)18/h2-9,11,16H,10H2,1H3. The molecule has 0 unspecified atom stereocenters. The molecular weight excluding hydrogens is 222 g/mol. The molecule has 0 atom stereocenters. The fourth-order valence-corrected chi connectivity index (χ4v) is 2.19. The summed E-state index contributed by atoms with van der Waals surface area (Å²) in [6.45, 7) is 0.875. The molecule has 0 fully saturated rings. The summed E-state index contributed by atoms with van der Waals surface area (Å²) in [6.07, 6.45) is 1.88. The van der Waals surface area contributed by atoms with Gasteiger partial charge in [0, 0.05) is 12.2 Å². The maximum absolute atomic E-state index is 4.42. The second-order valence-corrected chi connectivity index (χ2v) is 4.30. The van der Waals surface area contributed by atoms with Gasteiger partial charge in [0.25, 0.3) is 0 Å². The third kappa shape index (κ3) is 1.89. The summed E-state index contributed by atoms with van der Waals surface area (Å²) in [5.74, 6) is 0. The van der Waals surface area contributed by atoms with Crippen molar-refractivity contribution in [1.82, 2.24) is 14.9 Å². The van der Waals surface area contributed by atoms with Crippen LogP contribution in [-0.2, 0) is 6.54 Å². The summed E-state index contributed by atoms with van der Waals surface area (Å²) in [5.41, 5.74) is 4.58. The lowest BCUT2D eigenvalue weighted by atomic mass is 10.2. The van der Waals surface area contributed by atoms with E-state index < -0.39 is 0 Å². The lowest BCUT2D eigenvalue weighted by Crippen LogP contribution is -2.05. The van der Waals surface area contributed by atoms with Crippen molar-refractivity contribution >= 4 is 11.0 Å². The van der Waals surface area contributed by atoms with E-state index in [0.717, 1.165) is 23.3 Å². The maximum Gasteiger partial charge on any atom is 0.100 e. The SMILES string of the molecule is CNCc1cccc(-n2cnc3ccccc32)c1. The van der Waals surface area contributed by atoms with Crippen LogP contribution in [-0.4, -0.2) is 16.6 Å². The minimum atomic E-state index is 0.875. The Morgan fingerprint density at radius 2 is 2.00 bits per heavy atom. The van der Waals surface area contributed by atoms with Gasteiger partial charge in [-0.2, -0.15) is 0 Å². The molecular formula is C15H15N3. The van der Waals surface area contributed by atoms with Crippen molar-refractivity contribution in [2.75, 3.05) is 7.05 Å². The number of benzene rings is 2. The van der Waals surface area contributed by atoms with E-state index in [0.29, 0.717) is 0 Å². The summed E-state index contributed by atoms with van der Waals surface area (Å²) >= 11 is 0. The van der Waals surface area contributed by atoms with Gasteiger partial charge in [-0.1, -0.05) is 24.3 Å². The average molecular weight is 237 g/mol. The highest BCUT2D eigenvalue weighted by atomic mass is 15.0. The van der Waals surface area contributed by atoms with Crippen molar-refractivity contribution < 1.29 is 0 Å². The third-order valence-electron chi connectivity index (χ3n) is 3.02. The molecule has 0 saturated carbocycles. The molecule has 0 amide bonds. The Hall–Kier alpha value is -2.13. The first kappa shape index (κ1) is 11.0. The molecule has 1 heterocycles. The number of aromatic nitrogens is 2. The summed E-state index contributed by atoms with van der Waals surface area (Å²) < 4.78 is 2.12. The Balaban J connectivity index is 2.11. The van der Waals surface area contributed by atoms with Gasteiger partial charge < -0.3 is 5.32 Å². The first-order chi connectivity index (χ1) is 8.88. The molecule has 2 aromatic carbocycles. The second kappa shape index (κ2) is 4.63. The number of imidazole rings is 1. The van der Waals surface area contributed by atoms with Crippen LogP contribution in [0.4, 0.5) is 0 Å². The van der Waals surface area contributed by atoms with Crippen molar-refractivity contribution in [2.24, 2.45) is 0 Å². The van der Waals surface area contributed by atoms with Crippen LogP contribution in [0.25, 0.3) is 16.7 Å². The van der Waals surface area contributed by atoms with Crippen LogP contribution in [0.15, 0.2) is 54.9 Å². The minimum absolute atomic E-state index is 0.875. The Morgan fingerprint density at radius 1 is 1.11 bits per heavy atom. The van der Waals surface area contributed by atoms with E-state index in [9.17, 15) is 0 Å². The lowest BCUT2D eigenvalue weighted by Gasteiger charge is -2.07. The third-order valence-corrected chi connectivity index (χ3v) is 3.02. The molecule has 0 radical (unpaired) electrons. The first-order valence-corrected chi connectivity index (χ1v) is 6.04. The Bertz CT molecular complexity index is 670. The molecule has 0 bridgehead atoms. The van der Waals surface area contributed by atoms with Crippen molar-refractivity contribution in [3.05, 3.63) is 60.4 Å². The van der Waals surface area contributed by atoms with Gasteiger partial charge in [0.1, 0.15) is 6.33 Å². The summed E-state index contributed by atoms with van der Waals surface area (Å²) in [6, 6.07) is 16.7. The van der Waals surface area contributed by atoms with E-state index in [1.54, 1.807) is 0 Å². The van der Waals surface area contributed by atoms with Gasteiger partial charge in [-0.25, -0.2) is 4.98 Å². The molecule has 0 saturated heterocycles. The first-order valence-electron chi connectivity index (χ1n) is 6.04. The molecule has 0 spiro atoms. The molecule has 3 nitrogen and oxygen atoms in total. The zero-order valence-electron chi connectivity index (χ0n) is 10.3. The Labute approximate surface area is 106 Å². The number of rotatable bonds is 3. The van der Waals surface area contributed by atoms with Crippen molar-refractivity contribution in [1.29, 1.82) is 0 Å². The van der Waals surface area contributed by atoms with Crippen LogP contribution in [0.2, 0.25) is 0 Å². The van der Waals surface area contributed by atoms with E-state index in [-0.39, 0.29) is 0 Å². The predicted octanol–water partition coefficient (Wildman–Crippen LogP) is 2.74. The van der Waals surface area contributed by atoms with Crippen LogP contribution >= 0.6 is 0 Å². The Kier molecular flexibility index (Phi) is 2.82.